The molecule has 24 heavy (non-hydrogen) atoms. The van der Waals surface area contributed by atoms with E-state index >= 15 is 0 Å². The molecule has 5 nitrogen and oxygen atoms in total. The second-order valence-electron chi connectivity index (χ2n) is 6.62. The summed E-state index contributed by atoms with van der Waals surface area (Å²) in [7, 11) is 1.30. The first kappa shape index (κ1) is 18.4. The highest BCUT2D eigenvalue weighted by molar-refractivity contribution is 5.91. The first-order valence-electron chi connectivity index (χ1n) is 8.02. The predicted molar refractivity (Wildman–Crippen MR) is 86.8 cm³/mol. The molecule has 1 aliphatic carbocycles. The van der Waals surface area contributed by atoms with Gasteiger partial charge in [-0.3, -0.25) is 4.79 Å². The highest BCUT2D eigenvalue weighted by Crippen LogP contribution is 2.52. The molecule has 1 amide bonds. The molecule has 0 aliphatic heterocycles. The van der Waals surface area contributed by atoms with Gasteiger partial charge in [0.25, 0.3) is 0 Å². The fourth-order valence-electron chi connectivity index (χ4n) is 3.31. The summed E-state index contributed by atoms with van der Waals surface area (Å²) in [5, 5.41) is 2.81. The Morgan fingerprint density at radius 1 is 1.38 bits per heavy atom. The van der Waals surface area contributed by atoms with E-state index in [0.717, 1.165) is 0 Å². The fourth-order valence-corrected chi connectivity index (χ4v) is 3.31. The Morgan fingerprint density at radius 2 is 2.08 bits per heavy atom. The third kappa shape index (κ3) is 3.15. The van der Waals surface area contributed by atoms with Gasteiger partial charge in [-0.05, 0) is 24.6 Å². The lowest BCUT2D eigenvalue weighted by Gasteiger charge is -2.58. The first-order valence-corrected chi connectivity index (χ1v) is 8.02. The van der Waals surface area contributed by atoms with Gasteiger partial charge in [0.05, 0.1) is 19.6 Å². The number of ether oxygens (including phenoxy) is 2. The lowest BCUT2D eigenvalue weighted by molar-refractivity contribution is -0.197. The van der Waals surface area contributed by atoms with E-state index in [0.29, 0.717) is 18.6 Å². The maximum atomic E-state index is 13.3. The highest BCUT2D eigenvalue weighted by atomic mass is 19.1. The maximum Gasteiger partial charge on any atom is 0.332 e. The summed E-state index contributed by atoms with van der Waals surface area (Å²) < 4.78 is 23.8. The molecule has 1 aromatic carbocycles. The molecule has 0 aromatic heterocycles. The topological polar surface area (TPSA) is 64.6 Å². The van der Waals surface area contributed by atoms with Gasteiger partial charge in [-0.15, -0.1) is 0 Å². The molecule has 1 aromatic rings. The molecule has 0 heterocycles. The molecule has 1 fully saturated rings. The quantitative estimate of drug-likeness (QED) is 0.809. The fraction of sp³-hybridized carbons (Fsp3) is 0.556. The third-order valence-electron chi connectivity index (χ3n) is 4.90. The summed E-state index contributed by atoms with van der Waals surface area (Å²) in [5.74, 6) is -1.24. The van der Waals surface area contributed by atoms with E-state index in [1.165, 1.54) is 19.2 Å². The van der Waals surface area contributed by atoms with Crippen LogP contribution in [0.2, 0.25) is 0 Å². The average molecular weight is 337 g/mol. The standard InChI is InChI=1S/C18H24FNO4/c1-5-24-14-11-18(16(22)23-4,17(14,2)3)20-15(21)10-12-7-6-8-13(19)9-12/h6-9,14H,5,10-11H2,1-4H3,(H,20,21)/t14-,18+/m0/s1. The second kappa shape index (κ2) is 6.89. The largest absolute Gasteiger partial charge is 0.467 e. The first-order chi connectivity index (χ1) is 11.3. The summed E-state index contributed by atoms with van der Waals surface area (Å²) >= 11 is 0. The van der Waals surface area contributed by atoms with E-state index < -0.39 is 22.7 Å². The number of rotatable bonds is 6. The summed E-state index contributed by atoms with van der Waals surface area (Å²) in [6.07, 6.45) is 0.206. The number of hydrogen-bond donors (Lipinski definition) is 1. The van der Waals surface area contributed by atoms with Crippen molar-refractivity contribution < 1.29 is 23.5 Å². The number of amides is 1. The molecular formula is C18H24FNO4. The molecule has 0 radical (unpaired) electrons. The van der Waals surface area contributed by atoms with Crippen LogP contribution in [0, 0.1) is 11.2 Å². The molecule has 0 spiro atoms. The Morgan fingerprint density at radius 3 is 2.62 bits per heavy atom. The van der Waals surface area contributed by atoms with Crippen LogP contribution in [-0.2, 0) is 25.5 Å². The smallest absolute Gasteiger partial charge is 0.332 e. The van der Waals surface area contributed by atoms with E-state index in [4.69, 9.17) is 9.47 Å². The normalized spacial score (nSPS) is 24.8. The number of carbonyl (C=O) groups is 2. The van der Waals surface area contributed by atoms with Gasteiger partial charge < -0.3 is 14.8 Å². The van der Waals surface area contributed by atoms with E-state index in [9.17, 15) is 14.0 Å². The molecule has 1 saturated carbocycles. The Balaban J connectivity index is 2.16. The minimum Gasteiger partial charge on any atom is -0.467 e. The molecule has 1 N–H and O–H groups in total. The maximum absolute atomic E-state index is 13.3. The summed E-state index contributed by atoms with van der Waals surface area (Å²) in [6, 6.07) is 5.84. The Bertz CT molecular complexity index is 631. The number of methoxy groups -OCH3 is 1. The van der Waals surface area contributed by atoms with Gasteiger partial charge in [0, 0.05) is 18.4 Å². The Labute approximate surface area is 141 Å². The van der Waals surface area contributed by atoms with Crippen molar-refractivity contribution in [1.82, 2.24) is 5.32 Å². The molecule has 2 rings (SSSR count). The number of halogens is 1. The van der Waals surface area contributed by atoms with Crippen LogP contribution in [0.15, 0.2) is 24.3 Å². The van der Waals surface area contributed by atoms with Crippen LogP contribution in [0.5, 0.6) is 0 Å². The predicted octanol–water partition coefficient (Wildman–Crippen LogP) is 2.23. The van der Waals surface area contributed by atoms with Crippen LogP contribution in [0.25, 0.3) is 0 Å². The van der Waals surface area contributed by atoms with Gasteiger partial charge in [0.15, 0.2) is 0 Å². The van der Waals surface area contributed by atoms with E-state index in [2.05, 4.69) is 5.32 Å². The summed E-state index contributed by atoms with van der Waals surface area (Å²) in [4.78, 5) is 24.8. The molecule has 2 atom stereocenters. The Hall–Kier alpha value is -1.95. The van der Waals surface area contributed by atoms with Crippen molar-refractivity contribution in [1.29, 1.82) is 0 Å². The van der Waals surface area contributed by atoms with Crippen molar-refractivity contribution in [2.24, 2.45) is 5.41 Å². The minimum atomic E-state index is -1.13. The summed E-state index contributed by atoms with van der Waals surface area (Å²) in [5.41, 5.74) is -1.19. The monoisotopic (exact) mass is 337 g/mol. The second-order valence-corrected chi connectivity index (χ2v) is 6.62. The number of esters is 1. The van der Waals surface area contributed by atoms with Gasteiger partial charge >= 0.3 is 5.97 Å². The van der Waals surface area contributed by atoms with Crippen molar-refractivity contribution in [3.05, 3.63) is 35.6 Å². The molecular weight excluding hydrogens is 313 g/mol. The zero-order valence-electron chi connectivity index (χ0n) is 14.5. The summed E-state index contributed by atoms with van der Waals surface area (Å²) in [6.45, 7) is 6.16. The van der Waals surface area contributed by atoms with Crippen molar-refractivity contribution >= 4 is 11.9 Å². The molecule has 1 aliphatic rings. The molecule has 0 bridgehead atoms. The third-order valence-corrected chi connectivity index (χ3v) is 4.90. The lowest BCUT2D eigenvalue weighted by atomic mass is 9.54. The van der Waals surface area contributed by atoms with Crippen molar-refractivity contribution in [3.63, 3.8) is 0 Å². The van der Waals surface area contributed by atoms with E-state index in [1.807, 2.05) is 20.8 Å². The number of hydrogen-bond acceptors (Lipinski definition) is 4. The van der Waals surface area contributed by atoms with Crippen molar-refractivity contribution in [3.8, 4) is 0 Å². The van der Waals surface area contributed by atoms with Gasteiger partial charge in [0.2, 0.25) is 5.91 Å². The zero-order chi connectivity index (χ0) is 18.0. The molecule has 132 valence electrons. The number of nitrogens with one attached hydrogen (secondary N) is 1. The lowest BCUT2D eigenvalue weighted by Crippen LogP contribution is -2.76. The van der Waals surface area contributed by atoms with Gasteiger partial charge in [-0.25, -0.2) is 9.18 Å². The average Bonchev–Trinajstić information content (AvgIpc) is 2.52. The highest BCUT2D eigenvalue weighted by Gasteiger charge is 2.66. The zero-order valence-corrected chi connectivity index (χ0v) is 14.5. The molecule has 0 saturated heterocycles. The minimum absolute atomic E-state index is 0.00805. The van der Waals surface area contributed by atoms with Crippen LogP contribution >= 0.6 is 0 Å². The van der Waals surface area contributed by atoms with Crippen LogP contribution in [0.3, 0.4) is 0 Å². The SMILES string of the molecule is CCO[C@H]1C[C@@](NC(=O)Cc2cccc(F)c2)(C(=O)OC)C1(C)C. The van der Waals surface area contributed by atoms with E-state index in [1.54, 1.807) is 12.1 Å². The molecule has 0 unspecified atom stereocenters. The van der Waals surface area contributed by atoms with E-state index in [-0.39, 0.29) is 18.4 Å². The Kier molecular flexibility index (Phi) is 5.28. The number of carbonyl (C=O) groups excluding carboxylic acids is 2. The molecule has 6 heteroatoms. The van der Waals surface area contributed by atoms with Crippen LogP contribution in [-0.4, -0.2) is 37.2 Å². The van der Waals surface area contributed by atoms with Crippen LogP contribution in [0.1, 0.15) is 32.8 Å². The van der Waals surface area contributed by atoms with Crippen LogP contribution in [0.4, 0.5) is 4.39 Å². The van der Waals surface area contributed by atoms with Crippen LogP contribution < -0.4 is 5.32 Å². The van der Waals surface area contributed by atoms with Gasteiger partial charge in [-0.2, -0.15) is 0 Å². The number of benzene rings is 1. The van der Waals surface area contributed by atoms with Crippen molar-refractivity contribution in [2.45, 2.75) is 45.3 Å². The van der Waals surface area contributed by atoms with Gasteiger partial charge in [-0.1, -0.05) is 26.0 Å². The van der Waals surface area contributed by atoms with Crippen molar-refractivity contribution in [2.75, 3.05) is 13.7 Å². The van der Waals surface area contributed by atoms with Gasteiger partial charge in [0.1, 0.15) is 11.4 Å².